The Hall–Kier alpha value is -2.56. The van der Waals surface area contributed by atoms with Gasteiger partial charge in [-0.2, -0.15) is 0 Å². The van der Waals surface area contributed by atoms with Crippen LogP contribution in [0.2, 0.25) is 0 Å². The van der Waals surface area contributed by atoms with Gasteiger partial charge < -0.3 is 15.4 Å². The smallest absolute Gasteiger partial charge is 0.319 e. The summed E-state index contributed by atoms with van der Waals surface area (Å²) in [6.45, 7) is 0. The molecule has 114 valence electrons. The van der Waals surface area contributed by atoms with Crippen LogP contribution in [0, 0.1) is 5.92 Å². The van der Waals surface area contributed by atoms with Crippen molar-refractivity contribution in [3.8, 4) is 5.88 Å². The van der Waals surface area contributed by atoms with E-state index in [2.05, 4.69) is 27.8 Å². The number of ether oxygens (including phenoxy) is 1. The van der Waals surface area contributed by atoms with Gasteiger partial charge in [0.2, 0.25) is 5.88 Å². The summed E-state index contributed by atoms with van der Waals surface area (Å²) in [5.74, 6) is 1.05. The summed E-state index contributed by atoms with van der Waals surface area (Å²) in [5, 5.41) is 5.87. The molecule has 1 aromatic carbocycles. The first-order chi connectivity index (χ1) is 10.8. The Morgan fingerprint density at radius 1 is 1.23 bits per heavy atom. The second-order valence-corrected chi connectivity index (χ2v) is 5.41. The molecule has 3 rings (SSSR count). The first-order valence-electron chi connectivity index (χ1n) is 7.39. The van der Waals surface area contributed by atoms with E-state index >= 15 is 0 Å². The van der Waals surface area contributed by atoms with Crippen molar-refractivity contribution in [1.29, 1.82) is 0 Å². The van der Waals surface area contributed by atoms with Crippen molar-refractivity contribution in [2.45, 2.75) is 18.9 Å². The normalized spacial score (nSPS) is 15.0. The van der Waals surface area contributed by atoms with Crippen LogP contribution in [0.1, 0.15) is 24.4 Å². The number of aromatic nitrogens is 1. The Bertz CT molecular complexity index is 624. The summed E-state index contributed by atoms with van der Waals surface area (Å²) in [4.78, 5) is 16.3. The van der Waals surface area contributed by atoms with E-state index in [9.17, 15) is 4.79 Å². The number of hydrogen-bond acceptors (Lipinski definition) is 3. The van der Waals surface area contributed by atoms with E-state index in [1.165, 1.54) is 0 Å². The molecule has 1 heterocycles. The van der Waals surface area contributed by atoms with Gasteiger partial charge in [-0.25, -0.2) is 9.78 Å². The maximum atomic E-state index is 12.2. The molecule has 1 saturated carbocycles. The number of rotatable bonds is 5. The lowest BCUT2D eigenvalue weighted by Crippen LogP contribution is -2.33. The molecule has 0 radical (unpaired) electrons. The molecule has 2 amide bonds. The van der Waals surface area contributed by atoms with Crippen molar-refractivity contribution in [3.05, 3.63) is 54.2 Å². The molecule has 2 N–H and O–H groups in total. The highest BCUT2D eigenvalue weighted by atomic mass is 16.5. The fourth-order valence-corrected chi connectivity index (χ4v) is 2.45. The number of methoxy groups -OCH3 is 1. The third-order valence-corrected chi connectivity index (χ3v) is 3.74. The van der Waals surface area contributed by atoms with E-state index in [4.69, 9.17) is 4.74 Å². The second-order valence-electron chi connectivity index (χ2n) is 5.41. The van der Waals surface area contributed by atoms with Gasteiger partial charge in [0, 0.05) is 6.07 Å². The molecule has 1 aliphatic rings. The minimum Gasteiger partial charge on any atom is -0.481 e. The molecular weight excluding hydrogens is 278 g/mol. The molecule has 1 aromatic heterocycles. The van der Waals surface area contributed by atoms with Crippen molar-refractivity contribution >= 4 is 11.7 Å². The van der Waals surface area contributed by atoms with E-state index in [1.54, 1.807) is 25.4 Å². The Balaban J connectivity index is 1.64. The molecule has 0 spiro atoms. The summed E-state index contributed by atoms with van der Waals surface area (Å²) in [6.07, 6.45) is 3.89. The average molecular weight is 297 g/mol. The number of carbonyl (C=O) groups is 1. The van der Waals surface area contributed by atoms with Gasteiger partial charge in [0.25, 0.3) is 0 Å². The highest BCUT2D eigenvalue weighted by Crippen LogP contribution is 2.40. The molecule has 1 fully saturated rings. The zero-order chi connectivity index (χ0) is 15.4. The maximum Gasteiger partial charge on any atom is 0.319 e. The number of urea groups is 1. The molecule has 0 bridgehead atoms. The van der Waals surface area contributed by atoms with Crippen LogP contribution in [0.4, 0.5) is 10.5 Å². The minimum atomic E-state index is -0.215. The first-order valence-corrected chi connectivity index (χ1v) is 7.39. The Kier molecular flexibility index (Phi) is 4.23. The van der Waals surface area contributed by atoms with Gasteiger partial charge in [0.15, 0.2) is 0 Å². The molecule has 1 unspecified atom stereocenters. The van der Waals surface area contributed by atoms with Gasteiger partial charge in [-0.05, 0) is 30.4 Å². The van der Waals surface area contributed by atoms with Crippen LogP contribution in [0.3, 0.4) is 0 Å². The number of nitrogens with one attached hydrogen (secondary N) is 2. The van der Waals surface area contributed by atoms with Crippen LogP contribution in [0.5, 0.6) is 5.88 Å². The number of benzene rings is 1. The molecule has 1 atom stereocenters. The van der Waals surface area contributed by atoms with Gasteiger partial charge in [0.05, 0.1) is 25.0 Å². The zero-order valence-corrected chi connectivity index (χ0v) is 12.5. The average Bonchev–Trinajstić information content (AvgIpc) is 3.39. The van der Waals surface area contributed by atoms with Crippen molar-refractivity contribution < 1.29 is 9.53 Å². The molecular formula is C17H19N3O2. The van der Waals surface area contributed by atoms with Gasteiger partial charge in [-0.1, -0.05) is 30.3 Å². The molecule has 0 saturated heterocycles. The van der Waals surface area contributed by atoms with Gasteiger partial charge >= 0.3 is 6.03 Å². The van der Waals surface area contributed by atoms with Gasteiger partial charge in [-0.15, -0.1) is 0 Å². The van der Waals surface area contributed by atoms with Crippen molar-refractivity contribution in [1.82, 2.24) is 10.3 Å². The van der Waals surface area contributed by atoms with Crippen LogP contribution < -0.4 is 15.4 Å². The molecule has 22 heavy (non-hydrogen) atoms. The SMILES string of the molecule is COc1ccc(NC(=O)NC(c2ccccc2)C2CC2)cn1. The monoisotopic (exact) mass is 297 g/mol. The van der Waals surface area contributed by atoms with E-state index in [1.807, 2.05) is 18.2 Å². The van der Waals surface area contributed by atoms with Crippen LogP contribution in [-0.4, -0.2) is 18.1 Å². The van der Waals surface area contributed by atoms with Gasteiger partial charge in [0.1, 0.15) is 0 Å². The predicted octanol–water partition coefficient (Wildman–Crippen LogP) is 3.36. The standard InChI is InChI=1S/C17H19N3O2/c1-22-15-10-9-14(11-18-15)19-17(21)20-16(13-7-8-13)12-5-3-2-4-6-12/h2-6,9-11,13,16H,7-8H2,1H3,(H2,19,20,21). The van der Waals surface area contributed by atoms with E-state index in [0.29, 0.717) is 17.5 Å². The van der Waals surface area contributed by atoms with Crippen LogP contribution in [0.25, 0.3) is 0 Å². The highest BCUT2D eigenvalue weighted by Gasteiger charge is 2.33. The molecule has 5 heteroatoms. The molecule has 2 aromatic rings. The summed E-state index contributed by atoms with van der Waals surface area (Å²) in [6, 6.07) is 13.4. The second kappa shape index (κ2) is 6.47. The number of carbonyl (C=O) groups excluding carboxylic acids is 1. The zero-order valence-electron chi connectivity index (χ0n) is 12.5. The molecule has 5 nitrogen and oxygen atoms in total. The molecule has 1 aliphatic carbocycles. The Morgan fingerprint density at radius 3 is 2.59 bits per heavy atom. The van der Waals surface area contributed by atoms with Gasteiger partial charge in [-0.3, -0.25) is 0 Å². The predicted molar refractivity (Wildman–Crippen MR) is 84.9 cm³/mol. The van der Waals surface area contributed by atoms with Crippen LogP contribution in [-0.2, 0) is 0 Å². The van der Waals surface area contributed by atoms with Crippen molar-refractivity contribution in [2.75, 3.05) is 12.4 Å². The summed E-state index contributed by atoms with van der Waals surface area (Å²) in [7, 11) is 1.56. The maximum absolute atomic E-state index is 12.2. The number of amides is 2. The van der Waals surface area contributed by atoms with Crippen molar-refractivity contribution in [3.63, 3.8) is 0 Å². The highest BCUT2D eigenvalue weighted by molar-refractivity contribution is 5.89. The summed E-state index contributed by atoms with van der Waals surface area (Å²) in [5.41, 5.74) is 1.79. The largest absolute Gasteiger partial charge is 0.481 e. The number of pyridine rings is 1. The minimum absolute atomic E-state index is 0.0624. The lowest BCUT2D eigenvalue weighted by atomic mass is 10.0. The Labute approximate surface area is 129 Å². The van der Waals surface area contributed by atoms with E-state index < -0.39 is 0 Å². The Morgan fingerprint density at radius 2 is 2.00 bits per heavy atom. The lowest BCUT2D eigenvalue weighted by Gasteiger charge is -2.19. The number of nitrogens with zero attached hydrogens (tertiary/aromatic N) is 1. The first kappa shape index (κ1) is 14.4. The fourth-order valence-electron chi connectivity index (χ4n) is 2.45. The van der Waals surface area contributed by atoms with Crippen LogP contribution in [0.15, 0.2) is 48.7 Å². The third-order valence-electron chi connectivity index (χ3n) is 3.74. The fraction of sp³-hybridized carbons (Fsp3) is 0.294. The summed E-state index contributed by atoms with van der Waals surface area (Å²) < 4.78 is 5.00. The summed E-state index contributed by atoms with van der Waals surface area (Å²) >= 11 is 0. The van der Waals surface area contributed by atoms with Crippen LogP contribution >= 0.6 is 0 Å². The van der Waals surface area contributed by atoms with E-state index in [0.717, 1.165) is 18.4 Å². The quantitative estimate of drug-likeness (QED) is 0.889. The van der Waals surface area contributed by atoms with E-state index in [-0.39, 0.29) is 12.1 Å². The number of hydrogen-bond donors (Lipinski definition) is 2. The number of anilines is 1. The lowest BCUT2D eigenvalue weighted by molar-refractivity contribution is 0.247. The third kappa shape index (κ3) is 3.55. The topological polar surface area (TPSA) is 63.2 Å². The van der Waals surface area contributed by atoms with Crippen molar-refractivity contribution in [2.24, 2.45) is 5.92 Å². The molecule has 0 aliphatic heterocycles.